The molecule has 1 atom stereocenters. The molecule has 3 nitrogen and oxygen atoms in total. The molecule has 1 unspecified atom stereocenters. The normalized spacial score (nSPS) is 32.0. The van der Waals surface area contributed by atoms with Crippen molar-refractivity contribution in [2.24, 2.45) is 11.8 Å². The summed E-state index contributed by atoms with van der Waals surface area (Å²) in [7, 11) is 0. The zero-order chi connectivity index (χ0) is 9.42. The summed E-state index contributed by atoms with van der Waals surface area (Å²) < 4.78 is 0. The molecule has 1 fully saturated rings. The highest BCUT2D eigenvalue weighted by molar-refractivity contribution is 5.92. The maximum absolute atomic E-state index is 11.1. The number of ketones is 1. The Kier molecular flexibility index (Phi) is 1.87. The van der Waals surface area contributed by atoms with Crippen LogP contribution >= 0.6 is 0 Å². The molecule has 3 heteroatoms. The molecule has 70 valence electrons. The molecule has 0 amide bonds. The van der Waals surface area contributed by atoms with Gasteiger partial charge in [0.2, 0.25) is 0 Å². The average molecular weight is 180 g/mol. The minimum absolute atomic E-state index is 0.0417. The van der Waals surface area contributed by atoms with Gasteiger partial charge in [0.25, 0.3) is 0 Å². The number of carbonyl (C=O) groups excluding carboxylic acids is 1. The maximum atomic E-state index is 11.1. The second kappa shape index (κ2) is 2.91. The van der Waals surface area contributed by atoms with Crippen LogP contribution in [-0.4, -0.2) is 16.0 Å². The van der Waals surface area contributed by atoms with Crippen molar-refractivity contribution in [1.29, 1.82) is 0 Å². The van der Waals surface area contributed by atoms with Crippen LogP contribution in [0.4, 0.5) is 0 Å². The van der Waals surface area contributed by atoms with Crippen LogP contribution in [0.15, 0.2) is 23.7 Å². The lowest BCUT2D eigenvalue weighted by Gasteiger charge is -2.21. The molecular formula is C10H12O3. The van der Waals surface area contributed by atoms with Crippen LogP contribution in [0.25, 0.3) is 0 Å². The summed E-state index contributed by atoms with van der Waals surface area (Å²) in [6.45, 7) is 0. The van der Waals surface area contributed by atoms with Crippen LogP contribution in [0, 0.1) is 11.8 Å². The van der Waals surface area contributed by atoms with Gasteiger partial charge in [0.15, 0.2) is 5.78 Å². The van der Waals surface area contributed by atoms with E-state index < -0.39 is 0 Å². The van der Waals surface area contributed by atoms with E-state index in [1.165, 1.54) is 6.08 Å². The van der Waals surface area contributed by atoms with Crippen LogP contribution in [-0.2, 0) is 4.79 Å². The monoisotopic (exact) mass is 180 g/mol. The summed E-state index contributed by atoms with van der Waals surface area (Å²) in [5.41, 5.74) is 0.530. The van der Waals surface area contributed by atoms with Gasteiger partial charge in [0.1, 0.15) is 5.76 Å². The number of aliphatic hydroxyl groups is 2. The van der Waals surface area contributed by atoms with Crippen LogP contribution in [0.1, 0.15) is 19.3 Å². The van der Waals surface area contributed by atoms with E-state index in [-0.39, 0.29) is 17.5 Å². The molecule has 1 saturated carbocycles. The van der Waals surface area contributed by atoms with E-state index in [1.54, 1.807) is 0 Å². The Hall–Kier alpha value is -1.25. The Morgan fingerprint density at radius 1 is 1.46 bits per heavy atom. The van der Waals surface area contributed by atoms with Crippen molar-refractivity contribution in [3.05, 3.63) is 23.7 Å². The molecule has 0 spiro atoms. The number of hydrogen-bond acceptors (Lipinski definition) is 3. The number of hydrogen-bond donors (Lipinski definition) is 2. The fourth-order valence-electron chi connectivity index (χ4n) is 1.89. The summed E-state index contributed by atoms with van der Waals surface area (Å²) >= 11 is 0. The van der Waals surface area contributed by atoms with Gasteiger partial charge in [0.05, 0.1) is 6.26 Å². The average Bonchev–Trinajstić information content (AvgIpc) is 2.85. The molecule has 0 aromatic carbocycles. The first-order valence-electron chi connectivity index (χ1n) is 4.50. The van der Waals surface area contributed by atoms with Gasteiger partial charge in [-0.05, 0) is 18.8 Å². The SMILES string of the molecule is O=C1C=C(O)C(=CO)C(C2CC2)C1. The number of rotatable bonds is 1. The molecule has 0 aromatic rings. The van der Waals surface area contributed by atoms with Gasteiger partial charge in [-0.25, -0.2) is 0 Å². The van der Waals surface area contributed by atoms with Gasteiger partial charge in [0, 0.05) is 24.0 Å². The number of allylic oxidation sites excluding steroid dienone is 2. The highest BCUT2D eigenvalue weighted by Crippen LogP contribution is 2.45. The Morgan fingerprint density at radius 3 is 2.69 bits per heavy atom. The van der Waals surface area contributed by atoms with E-state index in [4.69, 9.17) is 5.11 Å². The lowest BCUT2D eigenvalue weighted by molar-refractivity contribution is -0.115. The molecule has 0 aliphatic heterocycles. The third-order valence-electron chi connectivity index (χ3n) is 2.74. The summed E-state index contributed by atoms with van der Waals surface area (Å²) in [4.78, 5) is 11.1. The highest BCUT2D eigenvalue weighted by Gasteiger charge is 2.38. The van der Waals surface area contributed by atoms with Crippen LogP contribution in [0.5, 0.6) is 0 Å². The molecule has 2 N–H and O–H groups in total. The van der Waals surface area contributed by atoms with Crippen LogP contribution < -0.4 is 0 Å². The molecule has 0 aromatic heterocycles. The van der Waals surface area contributed by atoms with Crippen molar-refractivity contribution in [2.75, 3.05) is 0 Å². The topological polar surface area (TPSA) is 57.5 Å². The van der Waals surface area contributed by atoms with Crippen molar-refractivity contribution in [3.8, 4) is 0 Å². The van der Waals surface area contributed by atoms with Crippen molar-refractivity contribution in [1.82, 2.24) is 0 Å². The standard InChI is InChI=1S/C10H12O3/c11-5-9-8(6-1-2-6)3-7(12)4-10(9)13/h4-6,8,11,13H,1-3H2. The zero-order valence-corrected chi connectivity index (χ0v) is 7.23. The Bertz CT molecular complexity index is 297. The minimum Gasteiger partial charge on any atom is -0.515 e. The van der Waals surface area contributed by atoms with Gasteiger partial charge >= 0.3 is 0 Å². The molecular weight excluding hydrogens is 168 g/mol. The Morgan fingerprint density at radius 2 is 2.15 bits per heavy atom. The van der Waals surface area contributed by atoms with Gasteiger partial charge in [-0.1, -0.05) is 0 Å². The van der Waals surface area contributed by atoms with Gasteiger partial charge in [-0.2, -0.15) is 0 Å². The minimum atomic E-state index is -0.0596. The molecule has 0 bridgehead atoms. The summed E-state index contributed by atoms with van der Waals surface area (Å²) in [6.07, 6.45) is 4.76. The Labute approximate surface area is 76.4 Å². The van der Waals surface area contributed by atoms with E-state index in [0.29, 0.717) is 17.9 Å². The third kappa shape index (κ3) is 1.46. The number of carbonyl (C=O) groups is 1. The van der Waals surface area contributed by atoms with Crippen molar-refractivity contribution < 1.29 is 15.0 Å². The first-order valence-corrected chi connectivity index (χ1v) is 4.50. The summed E-state index contributed by atoms with van der Waals surface area (Å²) in [6, 6.07) is 0. The lowest BCUT2D eigenvalue weighted by atomic mass is 9.84. The zero-order valence-electron chi connectivity index (χ0n) is 7.23. The molecule has 2 aliphatic carbocycles. The maximum Gasteiger partial charge on any atom is 0.160 e. The van der Waals surface area contributed by atoms with Gasteiger partial charge < -0.3 is 10.2 Å². The first-order chi connectivity index (χ1) is 6.22. The Balaban J connectivity index is 2.28. The third-order valence-corrected chi connectivity index (χ3v) is 2.74. The second-order valence-corrected chi connectivity index (χ2v) is 3.73. The fraction of sp³-hybridized carbons (Fsp3) is 0.500. The van der Waals surface area contributed by atoms with Crippen molar-refractivity contribution in [3.63, 3.8) is 0 Å². The van der Waals surface area contributed by atoms with Crippen molar-refractivity contribution in [2.45, 2.75) is 19.3 Å². The molecule has 2 aliphatic rings. The smallest absolute Gasteiger partial charge is 0.160 e. The number of aliphatic hydroxyl groups excluding tert-OH is 2. The van der Waals surface area contributed by atoms with Gasteiger partial charge in [-0.3, -0.25) is 4.79 Å². The van der Waals surface area contributed by atoms with Gasteiger partial charge in [-0.15, -0.1) is 0 Å². The lowest BCUT2D eigenvalue weighted by Crippen LogP contribution is -2.19. The van der Waals surface area contributed by atoms with Crippen LogP contribution in [0.3, 0.4) is 0 Å². The van der Waals surface area contributed by atoms with E-state index in [0.717, 1.165) is 19.1 Å². The molecule has 13 heavy (non-hydrogen) atoms. The van der Waals surface area contributed by atoms with Crippen molar-refractivity contribution >= 4 is 5.78 Å². The highest BCUT2D eigenvalue weighted by atomic mass is 16.3. The fourth-order valence-corrected chi connectivity index (χ4v) is 1.89. The second-order valence-electron chi connectivity index (χ2n) is 3.73. The van der Waals surface area contributed by atoms with E-state index in [9.17, 15) is 9.90 Å². The molecule has 0 saturated heterocycles. The largest absolute Gasteiger partial charge is 0.515 e. The molecule has 0 radical (unpaired) electrons. The quantitative estimate of drug-likeness (QED) is 0.605. The molecule has 2 rings (SSSR count). The first kappa shape index (κ1) is 8.35. The predicted octanol–water partition coefficient (Wildman–Crippen LogP) is 1.87. The summed E-state index contributed by atoms with van der Waals surface area (Å²) in [5, 5.41) is 18.3. The van der Waals surface area contributed by atoms with E-state index in [2.05, 4.69) is 0 Å². The van der Waals surface area contributed by atoms with Crippen LogP contribution in [0.2, 0.25) is 0 Å². The predicted molar refractivity (Wildman–Crippen MR) is 47.3 cm³/mol. The molecule has 0 heterocycles. The summed E-state index contributed by atoms with van der Waals surface area (Å²) in [5.74, 6) is 0.427. The van der Waals surface area contributed by atoms with E-state index in [1.807, 2.05) is 0 Å². The van der Waals surface area contributed by atoms with E-state index >= 15 is 0 Å².